The number of thioether (sulfide) groups is 1. The molecular weight excluding hydrogens is 220 g/mol. The van der Waals surface area contributed by atoms with Crippen LogP contribution in [0.15, 0.2) is 29.2 Å². The highest BCUT2D eigenvalue weighted by Gasteiger charge is 2.10. The first kappa shape index (κ1) is 13.3. The molecule has 1 aromatic rings. The average molecular weight is 238 g/mol. The van der Waals surface area contributed by atoms with Crippen molar-refractivity contribution in [2.45, 2.75) is 31.3 Å². The van der Waals surface area contributed by atoms with Crippen LogP contribution < -0.4 is 0 Å². The molecule has 0 saturated heterocycles. The lowest BCUT2D eigenvalue weighted by Crippen LogP contribution is -2.17. The van der Waals surface area contributed by atoms with Crippen molar-refractivity contribution in [1.82, 2.24) is 0 Å². The molecule has 0 fully saturated rings. The Labute approximate surface area is 101 Å². The number of benzene rings is 1. The minimum Gasteiger partial charge on any atom is -0.380 e. The van der Waals surface area contributed by atoms with E-state index in [1.54, 1.807) is 25.8 Å². The molecule has 1 unspecified atom stereocenters. The molecule has 2 nitrogen and oxygen atoms in total. The summed E-state index contributed by atoms with van der Waals surface area (Å²) in [6.07, 6.45) is 0.513. The van der Waals surface area contributed by atoms with Crippen LogP contribution in [-0.2, 0) is 9.53 Å². The molecule has 0 bridgehead atoms. The van der Waals surface area contributed by atoms with E-state index in [-0.39, 0.29) is 11.9 Å². The Morgan fingerprint density at radius 2 is 2.00 bits per heavy atom. The summed E-state index contributed by atoms with van der Waals surface area (Å²) in [6, 6.07) is 8.38. The largest absolute Gasteiger partial charge is 0.380 e. The van der Waals surface area contributed by atoms with Gasteiger partial charge >= 0.3 is 0 Å². The van der Waals surface area contributed by atoms with Crippen molar-refractivity contribution in [3.63, 3.8) is 0 Å². The highest BCUT2D eigenvalue weighted by atomic mass is 32.2. The van der Waals surface area contributed by atoms with E-state index in [0.29, 0.717) is 6.42 Å². The van der Waals surface area contributed by atoms with Gasteiger partial charge in [-0.15, -0.1) is 11.8 Å². The lowest BCUT2D eigenvalue weighted by atomic mass is 10.2. The van der Waals surface area contributed by atoms with Gasteiger partial charge in [-0.05, 0) is 26.0 Å². The highest BCUT2D eigenvalue weighted by molar-refractivity contribution is 7.99. The minimum atomic E-state index is 0.0174. The standard InChI is InChI=1S/C13H18O2S/c1-10-4-6-13(7-5-10)16-9-12(15-3)8-11(2)14/h4-7,12H,8-9H2,1-3H3. The molecule has 0 aliphatic carbocycles. The Kier molecular flexibility index (Phi) is 5.56. The van der Waals surface area contributed by atoms with Crippen LogP contribution in [0.2, 0.25) is 0 Å². The van der Waals surface area contributed by atoms with E-state index in [4.69, 9.17) is 4.74 Å². The fourth-order valence-electron chi connectivity index (χ4n) is 1.35. The molecule has 0 radical (unpaired) electrons. The van der Waals surface area contributed by atoms with Gasteiger partial charge in [0.25, 0.3) is 0 Å². The number of carbonyl (C=O) groups is 1. The summed E-state index contributed by atoms with van der Waals surface area (Å²) in [5.41, 5.74) is 1.26. The lowest BCUT2D eigenvalue weighted by Gasteiger charge is -2.13. The Balaban J connectivity index is 2.43. The van der Waals surface area contributed by atoms with Crippen molar-refractivity contribution < 1.29 is 9.53 Å². The van der Waals surface area contributed by atoms with Gasteiger partial charge in [-0.1, -0.05) is 17.7 Å². The van der Waals surface area contributed by atoms with E-state index < -0.39 is 0 Å². The second kappa shape index (κ2) is 6.71. The Hall–Kier alpha value is -0.800. The number of ketones is 1. The van der Waals surface area contributed by atoms with Crippen molar-refractivity contribution >= 4 is 17.5 Å². The lowest BCUT2D eigenvalue weighted by molar-refractivity contribution is -0.119. The number of Topliss-reactive ketones (excluding diaryl/α,β-unsaturated/α-hetero) is 1. The summed E-state index contributed by atoms with van der Waals surface area (Å²) in [7, 11) is 1.66. The molecule has 1 atom stereocenters. The molecule has 3 heteroatoms. The van der Waals surface area contributed by atoms with Crippen LogP contribution >= 0.6 is 11.8 Å². The molecular formula is C13H18O2S. The zero-order valence-corrected chi connectivity index (χ0v) is 10.8. The van der Waals surface area contributed by atoms with Crippen LogP contribution in [0.4, 0.5) is 0 Å². The Morgan fingerprint density at radius 1 is 1.38 bits per heavy atom. The number of hydrogen-bond acceptors (Lipinski definition) is 3. The predicted molar refractivity (Wildman–Crippen MR) is 68.0 cm³/mol. The number of ether oxygens (including phenoxy) is 1. The first-order chi connectivity index (χ1) is 7.61. The third-order valence-electron chi connectivity index (χ3n) is 2.31. The molecule has 0 saturated carbocycles. The van der Waals surface area contributed by atoms with Crippen LogP contribution in [0, 0.1) is 6.92 Å². The number of methoxy groups -OCH3 is 1. The third kappa shape index (κ3) is 4.81. The van der Waals surface area contributed by atoms with Crippen LogP contribution in [-0.4, -0.2) is 24.7 Å². The number of rotatable bonds is 6. The van der Waals surface area contributed by atoms with Gasteiger partial charge in [0, 0.05) is 24.2 Å². The van der Waals surface area contributed by atoms with Gasteiger partial charge in [0.15, 0.2) is 0 Å². The fourth-order valence-corrected chi connectivity index (χ4v) is 2.32. The minimum absolute atomic E-state index is 0.0174. The molecule has 0 heterocycles. The van der Waals surface area contributed by atoms with E-state index in [2.05, 4.69) is 31.2 Å². The summed E-state index contributed by atoms with van der Waals surface area (Å²) >= 11 is 1.73. The maximum absolute atomic E-state index is 11.0. The van der Waals surface area contributed by atoms with E-state index in [1.165, 1.54) is 10.5 Å². The summed E-state index contributed by atoms with van der Waals surface area (Å²) in [6.45, 7) is 3.67. The highest BCUT2D eigenvalue weighted by Crippen LogP contribution is 2.20. The molecule has 1 rings (SSSR count). The molecule has 1 aromatic carbocycles. The quantitative estimate of drug-likeness (QED) is 0.712. The van der Waals surface area contributed by atoms with Crippen molar-refractivity contribution in [2.75, 3.05) is 12.9 Å². The van der Waals surface area contributed by atoms with E-state index in [9.17, 15) is 4.79 Å². The van der Waals surface area contributed by atoms with Gasteiger partial charge in [-0.3, -0.25) is 4.79 Å². The maximum Gasteiger partial charge on any atom is 0.132 e. The van der Waals surface area contributed by atoms with Crippen molar-refractivity contribution in [3.05, 3.63) is 29.8 Å². The van der Waals surface area contributed by atoms with Crippen LogP contribution in [0.25, 0.3) is 0 Å². The summed E-state index contributed by atoms with van der Waals surface area (Å²) < 4.78 is 5.26. The van der Waals surface area contributed by atoms with Gasteiger partial charge in [-0.25, -0.2) is 0 Å². The molecule has 0 amide bonds. The van der Waals surface area contributed by atoms with Crippen molar-refractivity contribution in [2.24, 2.45) is 0 Å². The van der Waals surface area contributed by atoms with Crippen molar-refractivity contribution in [3.8, 4) is 0 Å². The maximum atomic E-state index is 11.0. The van der Waals surface area contributed by atoms with Crippen LogP contribution in [0.5, 0.6) is 0 Å². The topological polar surface area (TPSA) is 26.3 Å². The third-order valence-corrected chi connectivity index (χ3v) is 3.45. The van der Waals surface area contributed by atoms with Crippen LogP contribution in [0.3, 0.4) is 0 Å². The number of hydrogen-bond donors (Lipinski definition) is 0. The van der Waals surface area contributed by atoms with Crippen molar-refractivity contribution in [1.29, 1.82) is 0 Å². The second-order valence-electron chi connectivity index (χ2n) is 3.89. The summed E-state index contributed by atoms with van der Waals surface area (Å²) in [4.78, 5) is 12.2. The SMILES string of the molecule is COC(CSc1ccc(C)cc1)CC(C)=O. The normalized spacial score (nSPS) is 12.4. The van der Waals surface area contributed by atoms with Gasteiger partial charge in [-0.2, -0.15) is 0 Å². The fraction of sp³-hybridized carbons (Fsp3) is 0.462. The molecule has 88 valence electrons. The Morgan fingerprint density at radius 3 is 2.50 bits per heavy atom. The zero-order chi connectivity index (χ0) is 12.0. The van der Waals surface area contributed by atoms with E-state index >= 15 is 0 Å². The van der Waals surface area contributed by atoms with Crippen LogP contribution in [0.1, 0.15) is 18.9 Å². The smallest absolute Gasteiger partial charge is 0.132 e. The monoisotopic (exact) mass is 238 g/mol. The van der Waals surface area contributed by atoms with E-state index in [0.717, 1.165) is 5.75 Å². The van der Waals surface area contributed by atoms with Gasteiger partial charge in [0.1, 0.15) is 5.78 Å². The molecule has 16 heavy (non-hydrogen) atoms. The molecule has 0 aromatic heterocycles. The van der Waals surface area contributed by atoms with Gasteiger partial charge in [0.2, 0.25) is 0 Å². The number of aryl methyl sites for hydroxylation is 1. The molecule has 0 aliphatic rings. The number of carbonyl (C=O) groups excluding carboxylic acids is 1. The molecule has 0 N–H and O–H groups in total. The molecule has 0 aliphatic heterocycles. The average Bonchev–Trinajstić information content (AvgIpc) is 2.26. The zero-order valence-electron chi connectivity index (χ0n) is 10.0. The Bertz CT molecular complexity index is 332. The summed E-state index contributed by atoms with van der Waals surface area (Å²) in [5.74, 6) is 0.996. The first-order valence-electron chi connectivity index (χ1n) is 5.33. The van der Waals surface area contributed by atoms with E-state index in [1.807, 2.05) is 0 Å². The first-order valence-corrected chi connectivity index (χ1v) is 6.32. The van der Waals surface area contributed by atoms with Gasteiger partial charge < -0.3 is 4.74 Å². The molecule has 0 spiro atoms. The second-order valence-corrected chi connectivity index (χ2v) is 4.98. The predicted octanol–water partition coefficient (Wildman–Crippen LogP) is 3.08. The van der Waals surface area contributed by atoms with Gasteiger partial charge in [0.05, 0.1) is 6.10 Å². The summed E-state index contributed by atoms with van der Waals surface area (Å²) in [5, 5.41) is 0.